The van der Waals surface area contributed by atoms with Crippen molar-refractivity contribution in [2.75, 3.05) is 6.54 Å². The number of aryl methyl sites for hydroxylation is 1. The van der Waals surface area contributed by atoms with Crippen molar-refractivity contribution >= 4 is 6.09 Å². The third-order valence-electron chi connectivity index (χ3n) is 5.53. The van der Waals surface area contributed by atoms with Crippen LogP contribution in [-0.2, 0) is 10.3 Å². The molecule has 28 heavy (non-hydrogen) atoms. The van der Waals surface area contributed by atoms with Crippen molar-refractivity contribution in [2.45, 2.75) is 45.3 Å². The molecule has 0 N–H and O–H groups in total. The van der Waals surface area contributed by atoms with Crippen LogP contribution in [0, 0.1) is 30.0 Å². The molecule has 1 unspecified atom stereocenters. The Bertz CT molecular complexity index is 873. The second-order valence-electron chi connectivity index (χ2n) is 7.63. The van der Waals surface area contributed by atoms with E-state index in [0.29, 0.717) is 19.4 Å². The van der Waals surface area contributed by atoms with Crippen molar-refractivity contribution in [2.24, 2.45) is 5.92 Å². The quantitative estimate of drug-likeness (QED) is 0.690. The molecule has 0 aliphatic carbocycles. The van der Waals surface area contributed by atoms with Crippen LogP contribution in [0.1, 0.15) is 49.4 Å². The van der Waals surface area contributed by atoms with Gasteiger partial charge in [-0.1, -0.05) is 42.0 Å². The van der Waals surface area contributed by atoms with E-state index in [-0.39, 0.29) is 17.8 Å². The predicted molar refractivity (Wildman–Crippen MR) is 105 cm³/mol. The third-order valence-corrected chi connectivity index (χ3v) is 5.53. The highest BCUT2D eigenvalue weighted by atomic mass is 19.1. The maximum Gasteiger partial charge on any atom is 0.411 e. The number of nitriles is 1. The number of benzene rings is 2. The summed E-state index contributed by atoms with van der Waals surface area (Å²) in [5, 5.41) is 9.29. The zero-order chi connectivity index (χ0) is 20.3. The van der Waals surface area contributed by atoms with E-state index in [2.05, 4.69) is 6.07 Å². The molecule has 1 aliphatic rings. The Balaban J connectivity index is 1.86. The van der Waals surface area contributed by atoms with Crippen molar-refractivity contribution in [1.82, 2.24) is 4.90 Å². The first kappa shape index (κ1) is 19.9. The van der Waals surface area contributed by atoms with Gasteiger partial charge in [0, 0.05) is 25.3 Å². The summed E-state index contributed by atoms with van der Waals surface area (Å²) < 4.78 is 19.4. The molecule has 4 nitrogen and oxygen atoms in total. The molecule has 1 heterocycles. The van der Waals surface area contributed by atoms with E-state index in [4.69, 9.17) is 4.74 Å². The average Bonchev–Trinajstić information content (AvgIpc) is 2.68. The molecule has 3 rings (SSSR count). The minimum absolute atomic E-state index is 0.118. The summed E-state index contributed by atoms with van der Waals surface area (Å²) in [4.78, 5) is 14.7. The maximum absolute atomic E-state index is 13.4. The minimum Gasteiger partial charge on any atom is -0.438 e. The van der Waals surface area contributed by atoms with Crippen molar-refractivity contribution < 1.29 is 13.9 Å². The highest BCUT2D eigenvalue weighted by molar-refractivity contribution is 5.70. The number of hydrogen-bond acceptors (Lipinski definition) is 3. The number of amides is 1. The van der Waals surface area contributed by atoms with Gasteiger partial charge in [0.25, 0.3) is 0 Å². The van der Waals surface area contributed by atoms with Gasteiger partial charge in [-0.05, 0) is 44.0 Å². The molecule has 1 aliphatic heterocycles. The van der Waals surface area contributed by atoms with E-state index in [9.17, 15) is 14.4 Å². The second kappa shape index (κ2) is 8.02. The Hall–Kier alpha value is -2.87. The number of rotatable bonds is 5. The third kappa shape index (κ3) is 4.01. The number of carbonyl (C=O) groups is 1. The van der Waals surface area contributed by atoms with Gasteiger partial charge < -0.3 is 9.64 Å². The standard InChI is InChI=1S/C23H25FN2O2/c1-16-4-6-19(7-5-16)18(3)26-13-12-23(28-22(26)27,14-17(2)15-25)20-8-10-21(24)11-9-20/h4-11,17-18H,12-14H2,1-3H3/t17?,18-,23-/m0/s1. The molecule has 5 heteroatoms. The summed E-state index contributed by atoms with van der Waals surface area (Å²) in [6.07, 6.45) is 0.522. The summed E-state index contributed by atoms with van der Waals surface area (Å²) in [5.74, 6) is -0.636. The van der Waals surface area contributed by atoms with Crippen LogP contribution in [0.2, 0.25) is 0 Å². The molecule has 3 atom stereocenters. The maximum atomic E-state index is 13.4. The molecule has 0 saturated carbocycles. The van der Waals surface area contributed by atoms with E-state index < -0.39 is 11.7 Å². The lowest BCUT2D eigenvalue weighted by atomic mass is 9.81. The Labute approximate surface area is 165 Å². The van der Waals surface area contributed by atoms with Gasteiger partial charge in [0.15, 0.2) is 0 Å². The molecule has 0 spiro atoms. The number of halogens is 1. The number of cyclic esters (lactones) is 1. The Kier molecular flexibility index (Phi) is 5.69. The van der Waals surface area contributed by atoms with Crippen LogP contribution in [0.5, 0.6) is 0 Å². The van der Waals surface area contributed by atoms with E-state index in [1.807, 2.05) is 38.1 Å². The lowest BCUT2D eigenvalue weighted by Gasteiger charge is -2.44. The van der Waals surface area contributed by atoms with Gasteiger partial charge in [-0.25, -0.2) is 9.18 Å². The summed E-state index contributed by atoms with van der Waals surface area (Å²) >= 11 is 0. The number of ether oxygens (including phenoxy) is 1. The summed E-state index contributed by atoms with van der Waals surface area (Å²) in [6.45, 7) is 6.32. The lowest BCUT2D eigenvalue weighted by Crippen LogP contribution is -2.49. The molecule has 1 fully saturated rings. The minimum atomic E-state index is -0.913. The molecule has 0 bridgehead atoms. The summed E-state index contributed by atoms with van der Waals surface area (Å²) in [7, 11) is 0. The highest BCUT2D eigenvalue weighted by Crippen LogP contribution is 2.41. The molecule has 0 aromatic heterocycles. The largest absolute Gasteiger partial charge is 0.438 e. The van der Waals surface area contributed by atoms with Gasteiger partial charge in [0.2, 0.25) is 0 Å². The molecule has 2 aromatic carbocycles. The number of nitrogens with zero attached hydrogens (tertiary/aromatic N) is 2. The molecular formula is C23H25FN2O2. The Morgan fingerprint density at radius 1 is 1.18 bits per heavy atom. The van der Waals surface area contributed by atoms with Crippen LogP contribution in [0.3, 0.4) is 0 Å². The molecule has 1 saturated heterocycles. The second-order valence-corrected chi connectivity index (χ2v) is 7.63. The number of carbonyl (C=O) groups excluding carboxylic acids is 1. The Morgan fingerprint density at radius 2 is 1.82 bits per heavy atom. The fourth-order valence-electron chi connectivity index (χ4n) is 3.80. The smallest absolute Gasteiger partial charge is 0.411 e. The first-order valence-electron chi connectivity index (χ1n) is 9.56. The van der Waals surface area contributed by atoms with Crippen molar-refractivity contribution in [3.05, 3.63) is 71.0 Å². The van der Waals surface area contributed by atoms with Crippen LogP contribution in [0.25, 0.3) is 0 Å². The fourth-order valence-corrected chi connectivity index (χ4v) is 3.80. The number of hydrogen-bond donors (Lipinski definition) is 0. The topological polar surface area (TPSA) is 53.3 Å². The molecule has 146 valence electrons. The van der Waals surface area contributed by atoms with Crippen LogP contribution in [-0.4, -0.2) is 17.5 Å². The van der Waals surface area contributed by atoms with Crippen LogP contribution >= 0.6 is 0 Å². The summed E-state index contributed by atoms with van der Waals surface area (Å²) in [6, 6.07) is 16.2. The van der Waals surface area contributed by atoms with Crippen molar-refractivity contribution in [3.8, 4) is 6.07 Å². The zero-order valence-electron chi connectivity index (χ0n) is 16.5. The Morgan fingerprint density at radius 3 is 2.39 bits per heavy atom. The fraction of sp³-hybridized carbons (Fsp3) is 0.391. The zero-order valence-corrected chi connectivity index (χ0v) is 16.5. The van der Waals surface area contributed by atoms with Crippen molar-refractivity contribution in [1.29, 1.82) is 5.26 Å². The van der Waals surface area contributed by atoms with E-state index >= 15 is 0 Å². The van der Waals surface area contributed by atoms with Gasteiger partial charge in [0.1, 0.15) is 11.4 Å². The van der Waals surface area contributed by atoms with E-state index in [0.717, 1.165) is 16.7 Å². The summed E-state index contributed by atoms with van der Waals surface area (Å²) in [5.41, 5.74) is 2.02. The first-order chi connectivity index (χ1) is 13.3. The van der Waals surface area contributed by atoms with Gasteiger partial charge in [-0.15, -0.1) is 0 Å². The van der Waals surface area contributed by atoms with Crippen LogP contribution in [0.15, 0.2) is 48.5 Å². The normalized spacial score (nSPS) is 21.5. The van der Waals surface area contributed by atoms with Gasteiger partial charge in [-0.2, -0.15) is 5.26 Å². The predicted octanol–water partition coefficient (Wildman–Crippen LogP) is 5.48. The molecule has 1 amide bonds. The van der Waals surface area contributed by atoms with Gasteiger partial charge in [0.05, 0.1) is 12.1 Å². The first-order valence-corrected chi connectivity index (χ1v) is 9.56. The highest BCUT2D eigenvalue weighted by Gasteiger charge is 2.44. The van der Waals surface area contributed by atoms with E-state index in [1.165, 1.54) is 12.1 Å². The average molecular weight is 380 g/mol. The van der Waals surface area contributed by atoms with Crippen LogP contribution in [0.4, 0.5) is 9.18 Å². The van der Waals surface area contributed by atoms with Crippen LogP contribution < -0.4 is 0 Å². The van der Waals surface area contributed by atoms with Gasteiger partial charge in [-0.3, -0.25) is 0 Å². The molecular weight excluding hydrogens is 355 g/mol. The molecule has 2 aromatic rings. The van der Waals surface area contributed by atoms with Gasteiger partial charge >= 0.3 is 6.09 Å². The van der Waals surface area contributed by atoms with Crippen molar-refractivity contribution in [3.63, 3.8) is 0 Å². The lowest BCUT2D eigenvalue weighted by molar-refractivity contribution is -0.0697. The van der Waals surface area contributed by atoms with E-state index in [1.54, 1.807) is 24.0 Å². The monoisotopic (exact) mass is 380 g/mol. The molecule has 0 radical (unpaired) electrons. The SMILES string of the molecule is Cc1ccc([C@H](C)N2CC[C@](CC(C)C#N)(c3ccc(F)cc3)OC2=O)cc1.